The Morgan fingerprint density at radius 2 is 1.89 bits per heavy atom. The normalized spacial score (nSPS) is 24.0. The summed E-state index contributed by atoms with van der Waals surface area (Å²) in [7, 11) is 0. The summed E-state index contributed by atoms with van der Waals surface area (Å²) >= 11 is 0. The Labute approximate surface area is 158 Å². The lowest BCUT2D eigenvalue weighted by Crippen LogP contribution is -2.46. The van der Waals surface area contributed by atoms with Gasteiger partial charge in [0.1, 0.15) is 11.0 Å². The van der Waals surface area contributed by atoms with E-state index >= 15 is 0 Å². The summed E-state index contributed by atoms with van der Waals surface area (Å²) in [5.41, 5.74) is -1.61. The fraction of sp³-hybridized carbons (Fsp3) is 0.550. The lowest BCUT2D eigenvalue weighted by molar-refractivity contribution is -0.174. The van der Waals surface area contributed by atoms with Crippen LogP contribution in [0.3, 0.4) is 0 Å². The molecule has 1 amide bonds. The smallest absolute Gasteiger partial charge is 0.315 e. The number of hydrogen-bond acceptors (Lipinski definition) is 5. The summed E-state index contributed by atoms with van der Waals surface area (Å²) in [5, 5.41) is 19.3. The molecule has 148 valence electrons. The number of nitrogens with zero attached hydrogens (tertiary/aromatic N) is 1. The van der Waals surface area contributed by atoms with E-state index in [4.69, 9.17) is 4.74 Å². The number of hydrogen-bond donors (Lipinski definition) is 2. The molecule has 0 spiro atoms. The van der Waals surface area contributed by atoms with Gasteiger partial charge in [-0.15, -0.1) is 0 Å². The van der Waals surface area contributed by atoms with Crippen molar-refractivity contribution < 1.29 is 29.3 Å². The fourth-order valence-corrected chi connectivity index (χ4v) is 3.53. The average molecular weight is 377 g/mol. The van der Waals surface area contributed by atoms with E-state index in [1.165, 1.54) is 4.90 Å². The van der Waals surface area contributed by atoms with E-state index in [-0.39, 0.29) is 12.6 Å². The van der Waals surface area contributed by atoms with Crippen LogP contribution < -0.4 is 0 Å². The van der Waals surface area contributed by atoms with E-state index in [9.17, 15) is 24.6 Å². The van der Waals surface area contributed by atoms with Gasteiger partial charge in [-0.05, 0) is 33.3 Å². The zero-order valence-electron chi connectivity index (χ0n) is 16.1. The Morgan fingerprint density at radius 1 is 1.30 bits per heavy atom. The summed E-state index contributed by atoms with van der Waals surface area (Å²) in [4.78, 5) is 38.9. The van der Waals surface area contributed by atoms with Gasteiger partial charge in [-0.2, -0.15) is 0 Å². The number of aliphatic carboxylic acids is 1. The van der Waals surface area contributed by atoms with Gasteiger partial charge in [0.25, 0.3) is 0 Å². The molecule has 27 heavy (non-hydrogen) atoms. The fourth-order valence-electron chi connectivity index (χ4n) is 3.53. The number of likely N-dealkylation sites (tertiary alicyclic amines) is 1. The number of amides is 1. The predicted molar refractivity (Wildman–Crippen MR) is 97.7 cm³/mol. The third kappa shape index (κ3) is 4.30. The molecule has 7 nitrogen and oxygen atoms in total. The largest absolute Gasteiger partial charge is 0.481 e. The van der Waals surface area contributed by atoms with Gasteiger partial charge in [-0.1, -0.05) is 30.3 Å². The van der Waals surface area contributed by atoms with Gasteiger partial charge in [-0.25, -0.2) is 0 Å². The molecule has 2 rings (SSSR count). The maximum absolute atomic E-state index is 13.0. The quantitative estimate of drug-likeness (QED) is 0.735. The second-order valence-corrected chi connectivity index (χ2v) is 8.02. The van der Waals surface area contributed by atoms with Crippen molar-refractivity contribution in [3.63, 3.8) is 0 Å². The molecule has 1 aliphatic heterocycles. The molecule has 0 bridgehead atoms. The van der Waals surface area contributed by atoms with E-state index < -0.39 is 47.8 Å². The maximum atomic E-state index is 13.0. The SMILES string of the molecule is C[C@H](c1ccccc1)N1C[C@@](CC(=O)O)(C(=O)OC(C)(C)C)[C@@H](CO)C1=O. The second kappa shape index (κ2) is 7.68. The van der Waals surface area contributed by atoms with Crippen molar-refractivity contribution in [2.24, 2.45) is 11.3 Å². The standard InChI is InChI=1S/C20H27NO6/c1-13(14-8-6-5-7-9-14)21-12-20(10-16(23)24,15(11-22)17(21)25)18(26)27-19(2,3)4/h5-9,13,15,22H,10-12H2,1-4H3,(H,23,24)/t13-,15+,20-/m1/s1. The lowest BCUT2D eigenvalue weighted by atomic mass is 9.75. The highest BCUT2D eigenvalue weighted by molar-refractivity contribution is 5.95. The Balaban J connectivity index is 2.45. The van der Waals surface area contributed by atoms with Crippen LogP contribution in [0.5, 0.6) is 0 Å². The second-order valence-electron chi connectivity index (χ2n) is 8.02. The van der Waals surface area contributed by atoms with Crippen molar-refractivity contribution in [3.05, 3.63) is 35.9 Å². The van der Waals surface area contributed by atoms with Crippen molar-refractivity contribution in [3.8, 4) is 0 Å². The molecule has 3 atom stereocenters. The first-order chi connectivity index (χ1) is 12.5. The van der Waals surface area contributed by atoms with Gasteiger partial charge in [-0.3, -0.25) is 14.4 Å². The minimum Gasteiger partial charge on any atom is -0.481 e. The number of carbonyl (C=O) groups excluding carboxylic acids is 2. The molecule has 0 aromatic heterocycles. The Kier molecular flexibility index (Phi) is 5.94. The third-order valence-electron chi connectivity index (χ3n) is 4.90. The van der Waals surface area contributed by atoms with Crippen LogP contribution in [0.25, 0.3) is 0 Å². The van der Waals surface area contributed by atoms with Crippen molar-refractivity contribution >= 4 is 17.8 Å². The number of rotatable bonds is 6. The predicted octanol–water partition coefficient (Wildman–Crippen LogP) is 2.00. The molecule has 2 N–H and O–H groups in total. The third-order valence-corrected chi connectivity index (χ3v) is 4.90. The summed E-state index contributed by atoms with van der Waals surface area (Å²) in [6, 6.07) is 8.88. The van der Waals surface area contributed by atoms with Crippen LogP contribution in [0.15, 0.2) is 30.3 Å². The van der Waals surface area contributed by atoms with Gasteiger partial charge < -0.3 is 19.8 Å². The van der Waals surface area contributed by atoms with Gasteiger partial charge in [0, 0.05) is 6.54 Å². The first-order valence-electron chi connectivity index (χ1n) is 8.93. The average Bonchev–Trinajstić information content (AvgIpc) is 2.85. The number of carboxylic acid groups (broad SMARTS) is 1. The van der Waals surface area contributed by atoms with Crippen LogP contribution in [0, 0.1) is 11.3 Å². The number of aliphatic hydroxyl groups excluding tert-OH is 1. The highest BCUT2D eigenvalue weighted by Crippen LogP contribution is 2.45. The molecule has 7 heteroatoms. The summed E-state index contributed by atoms with van der Waals surface area (Å²) < 4.78 is 5.45. The molecule has 1 fully saturated rings. The van der Waals surface area contributed by atoms with Crippen LogP contribution in [-0.4, -0.2) is 51.7 Å². The molecule has 0 saturated carbocycles. The van der Waals surface area contributed by atoms with Gasteiger partial charge in [0.05, 0.1) is 25.0 Å². The maximum Gasteiger partial charge on any atom is 0.315 e. The number of esters is 1. The molecule has 1 saturated heterocycles. The first kappa shape index (κ1) is 20.9. The van der Waals surface area contributed by atoms with Crippen molar-refractivity contribution in [2.45, 2.75) is 45.8 Å². The van der Waals surface area contributed by atoms with Crippen molar-refractivity contribution in [1.82, 2.24) is 4.90 Å². The lowest BCUT2D eigenvalue weighted by Gasteiger charge is -2.33. The van der Waals surface area contributed by atoms with E-state index in [1.54, 1.807) is 20.8 Å². The molecule has 1 heterocycles. The summed E-state index contributed by atoms with van der Waals surface area (Å²) in [6.45, 7) is 6.10. The molecule has 1 aromatic carbocycles. The van der Waals surface area contributed by atoms with Crippen LogP contribution in [-0.2, 0) is 19.1 Å². The summed E-state index contributed by atoms with van der Waals surface area (Å²) in [5.74, 6) is -3.59. The first-order valence-corrected chi connectivity index (χ1v) is 8.93. The number of carboxylic acids is 1. The van der Waals surface area contributed by atoms with Crippen molar-refractivity contribution in [1.29, 1.82) is 0 Å². The molecule has 1 aliphatic rings. The Bertz CT molecular complexity index is 711. The van der Waals surface area contributed by atoms with Crippen LogP contribution in [0.2, 0.25) is 0 Å². The number of aliphatic hydroxyl groups is 1. The highest BCUT2D eigenvalue weighted by Gasteiger charge is 2.60. The molecule has 0 unspecified atom stereocenters. The zero-order valence-corrected chi connectivity index (χ0v) is 16.1. The Hall–Kier alpha value is -2.41. The minimum absolute atomic E-state index is 0.117. The Morgan fingerprint density at radius 3 is 2.37 bits per heavy atom. The molecule has 0 radical (unpaired) electrons. The molecule has 1 aromatic rings. The zero-order chi connectivity index (χ0) is 20.4. The number of benzene rings is 1. The molecular formula is C20H27NO6. The number of ether oxygens (including phenoxy) is 1. The van der Waals surface area contributed by atoms with Crippen molar-refractivity contribution in [2.75, 3.05) is 13.2 Å². The monoisotopic (exact) mass is 377 g/mol. The van der Waals surface area contributed by atoms with Gasteiger partial charge in [0.2, 0.25) is 5.91 Å². The van der Waals surface area contributed by atoms with Crippen LogP contribution in [0.1, 0.15) is 45.7 Å². The van der Waals surface area contributed by atoms with E-state index in [0.29, 0.717) is 0 Å². The highest BCUT2D eigenvalue weighted by atomic mass is 16.6. The van der Waals surface area contributed by atoms with Crippen LogP contribution in [0.4, 0.5) is 0 Å². The minimum atomic E-state index is -1.63. The summed E-state index contributed by atoms with van der Waals surface area (Å²) in [6.07, 6.45) is -0.586. The molecule has 0 aliphatic carbocycles. The van der Waals surface area contributed by atoms with Crippen LogP contribution >= 0.6 is 0 Å². The molecular weight excluding hydrogens is 350 g/mol. The van der Waals surface area contributed by atoms with Gasteiger partial charge >= 0.3 is 11.9 Å². The van der Waals surface area contributed by atoms with E-state index in [2.05, 4.69) is 0 Å². The number of carbonyl (C=O) groups is 3. The van der Waals surface area contributed by atoms with E-state index in [0.717, 1.165) is 5.56 Å². The topological polar surface area (TPSA) is 104 Å². The van der Waals surface area contributed by atoms with Gasteiger partial charge in [0.15, 0.2) is 0 Å². The van der Waals surface area contributed by atoms with E-state index in [1.807, 2.05) is 37.3 Å².